The number of carbonyl (C=O) groups is 2. The summed E-state index contributed by atoms with van der Waals surface area (Å²) in [7, 11) is 0. The molecule has 11 heteroatoms. The van der Waals surface area contributed by atoms with E-state index in [1.165, 1.54) is 6.33 Å². The minimum absolute atomic E-state index is 0.144. The van der Waals surface area contributed by atoms with Gasteiger partial charge in [0.25, 0.3) is 5.91 Å². The normalized spacial score (nSPS) is 18.1. The molecule has 0 bridgehead atoms. The fourth-order valence-electron chi connectivity index (χ4n) is 4.83. The molecule has 11 nitrogen and oxygen atoms in total. The van der Waals surface area contributed by atoms with E-state index >= 15 is 0 Å². The first-order valence-corrected chi connectivity index (χ1v) is 13.2. The van der Waals surface area contributed by atoms with Gasteiger partial charge in [-0.1, -0.05) is 39.0 Å². The van der Waals surface area contributed by atoms with Crippen molar-refractivity contribution in [3.05, 3.63) is 42.2 Å². The second-order valence-electron chi connectivity index (χ2n) is 11.3. The lowest BCUT2D eigenvalue weighted by molar-refractivity contribution is -0.128. The third kappa shape index (κ3) is 5.85. The van der Waals surface area contributed by atoms with Crippen molar-refractivity contribution in [3.8, 4) is 17.3 Å². The Labute approximate surface area is 227 Å². The number of carbonyl (C=O) groups excluding carboxylic acids is 2. The molecule has 0 spiro atoms. The highest BCUT2D eigenvalue weighted by Gasteiger charge is 2.30. The van der Waals surface area contributed by atoms with Gasteiger partial charge in [-0.25, -0.2) is 19.4 Å². The summed E-state index contributed by atoms with van der Waals surface area (Å²) in [5.41, 5.74) is 8.86. The number of likely N-dealkylation sites (tertiary alicyclic amines) is 1. The van der Waals surface area contributed by atoms with Crippen LogP contribution in [-0.4, -0.2) is 55.7 Å². The van der Waals surface area contributed by atoms with E-state index in [4.69, 9.17) is 10.8 Å². The van der Waals surface area contributed by atoms with E-state index in [2.05, 4.69) is 26.7 Å². The number of piperidine rings is 1. The van der Waals surface area contributed by atoms with Crippen molar-refractivity contribution >= 4 is 34.5 Å². The van der Waals surface area contributed by atoms with Crippen LogP contribution in [0.5, 0.6) is 0 Å². The number of nitrogens with two attached hydrogens (primary N) is 1. The largest absolute Gasteiger partial charge is 0.383 e. The molecule has 1 saturated heterocycles. The molecule has 1 atom stereocenters. The number of allylic oxidation sites excluding steroid dienone is 1. The second-order valence-corrected chi connectivity index (χ2v) is 11.3. The maximum atomic E-state index is 13.2. The lowest BCUT2D eigenvalue weighted by Gasteiger charge is -2.33. The minimum atomic E-state index is -0.288. The number of amides is 3. The number of anilines is 2. The van der Waals surface area contributed by atoms with Crippen LogP contribution in [-0.2, 0) is 4.79 Å². The zero-order valence-electron chi connectivity index (χ0n) is 22.4. The number of nitrogen functional groups attached to an aromatic ring is 1. The fraction of sp³-hybridized carbons (Fsp3) is 0.429. The lowest BCUT2D eigenvalue weighted by Crippen LogP contribution is -2.41. The summed E-state index contributed by atoms with van der Waals surface area (Å²) in [6.07, 6.45) is 6.75. The van der Waals surface area contributed by atoms with Gasteiger partial charge in [-0.2, -0.15) is 10.4 Å². The molecule has 0 radical (unpaired) electrons. The standard InChI is InChI=1S/C28H33N9O2/c1-28(2,3)13-18(14-29)26(38)36-12-4-5-21(15-36)37-25-22(24(30)31-16-32-25)23(35-37)17-6-8-19(9-7-17)33-27(39)34-20-10-11-20/h6-9,13,16,20-21H,4-5,10-12,15H2,1-3H3,(H2,30,31,32)(H2,33,34,39). The molecule has 1 aliphatic carbocycles. The molecule has 202 valence electrons. The molecule has 3 aromatic rings. The van der Waals surface area contributed by atoms with Gasteiger partial charge in [0, 0.05) is 30.4 Å². The van der Waals surface area contributed by atoms with Crippen LogP contribution in [0.4, 0.5) is 16.3 Å². The van der Waals surface area contributed by atoms with Crippen molar-refractivity contribution < 1.29 is 9.59 Å². The summed E-state index contributed by atoms with van der Waals surface area (Å²) in [4.78, 5) is 35.7. The van der Waals surface area contributed by atoms with E-state index in [1.54, 1.807) is 11.0 Å². The van der Waals surface area contributed by atoms with Crippen molar-refractivity contribution in [2.24, 2.45) is 5.41 Å². The molecular weight excluding hydrogens is 494 g/mol. The maximum Gasteiger partial charge on any atom is 0.319 e. The van der Waals surface area contributed by atoms with E-state index in [1.807, 2.05) is 49.7 Å². The molecule has 1 saturated carbocycles. The Morgan fingerprint density at radius 3 is 2.56 bits per heavy atom. The van der Waals surface area contributed by atoms with Crippen molar-refractivity contribution in [3.63, 3.8) is 0 Å². The first kappa shape index (κ1) is 26.2. The molecule has 2 aromatic heterocycles. The number of hydrogen-bond acceptors (Lipinski definition) is 7. The zero-order valence-corrected chi connectivity index (χ0v) is 22.4. The van der Waals surface area contributed by atoms with Gasteiger partial charge in [0.2, 0.25) is 0 Å². The highest BCUT2D eigenvalue weighted by molar-refractivity contribution is 5.99. The molecule has 3 heterocycles. The summed E-state index contributed by atoms with van der Waals surface area (Å²) in [5, 5.41) is 21.0. The summed E-state index contributed by atoms with van der Waals surface area (Å²) in [6, 6.07) is 9.38. The molecule has 39 heavy (non-hydrogen) atoms. The fourth-order valence-corrected chi connectivity index (χ4v) is 4.83. The Hall–Kier alpha value is -4.46. The summed E-state index contributed by atoms with van der Waals surface area (Å²) < 4.78 is 1.83. The average Bonchev–Trinajstić information content (AvgIpc) is 3.63. The van der Waals surface area contributed by atoms with Gasteiger partial charge in [-0.05, 0) is 43.2 Å². The second kappa shape index (κ2) is 10.4. The van der Waals surface area contributed by atoms with Crippen LogP contribution >= 0.6 is 0 Å². The van der Waals surface area contributed by atoms with Crippen molar-refractivity contribution in [2.45, 2.75) is 58.5 Å². The van der Waals surface area contributed by atoms with E-state index in [0.717, 1.165) is 31.2 Å². The average molecular weight is 528 g/mol. The predicted octanol–water partition coefficient (Wildman–Crippen LogP) is 4.02. The van der Waals surface area contributed by atoms with E-state index < -0.39 is 0 Å². The van der Waals surface area contributed by atoms with Crippen LogP contribution in [0.3, 0.4) is 0 Å². The molecule has 3 amide bonds. The van der Waals surface area contributed by atoms with Gasteiger partial charge in [0.05, 0.1) is 11.4 Å². The van der Waals surface area contributed by atoms with Crippen molar-refractivity contribution in [1.29, 1.82) is 5.26 Å². The SMILES string of the molecule is CC(C)(C)C=C(C#N)C(=O)N1CCCC(n2nc(-c3ccc(NC(=O)NC4CC4)cc3)c3c(N)ncnc32)C1. The quantitative estimate of drug-likeness (QED) is 0.334. The van der Waals surface area contributed by atoms with Gasteiger partial charge >= 0.3 is 6.03 Å². The molecular formula is C28H33N9O2. The van der Waals surface area contributed by atoms with Crippen LogP contribution in [0.25, 0.3) is 22.3 Å². The molecule has 1 aromatic carbocycles. The first-order valence-electron chi connectivity index (χ1n) is 13.2. The Balaban J connectivity index is 1.42. The van der Waals surface area contributed by atoms with Crippen LogP contribution in [0, 0.1) is 16.7 Å². The Morgan fingerprint density at radius 2 is 1.90 bits per heavy atom. The number of hydrogen-bond donors (Lipinski definition) is 3. The lowest BCUT2D eigenvalue weighted by atomic mass is 9.93. The van der Waals surface area contributed by atoms with E-state index in [-0.39, 0.29) is 35.0 Å². The van der Waals surface area contributed by atoms with Crippen molar-refractivity contribution in [1.82, 2.24) is 30.0 Å². The van der Waals surface area contributed by atoms with Gasteiger partial charge in [0.15, 0.2) is 5.65 Å². The van der Waals surface area contributed by atoms with Gasteiger partial charge in [0.1, 0.15) is 29.5 Å². The smallest absolute Gasteiger partial charge is 0.319 e. The number of nitrogens with zero attached hydrogens (tertiary/aromatic N) is 6. The number of aromatic nitrogens is 4. The molecule has 5 rings (SSSR count). The molecule has 2 fully saturated rings. The summed E-state index contributed by atoms with van der Waals surface area (Å²) in [6.45, 7) is 6.86. The van der Waals surface area contributed by atoms with E-state index in [9.17, 15) is 14.9 Å². The molecule has 4 N–H and O–H groups in total. The predicted molar refractivity (Wildman–Crippen MR) is 148 cm³/mol. The monoisotopic (exact) mass is 527 g/mol. The number of benzene rings is 1. The number of urea groups is 1. The number of nitriles is 1. The van der Waals surface area contributed by atoms with E-state index in [0.29, 0.717) is 41.3 Å². The number of nitrogens with one attached hydrogen (secondary N) is 2. The first-order chi connectivity index (χ1) is 18.6. The Bertz CT molecular complexity index is 1470. The molecule has 1 aliphatic heterocycles. The van der Waals surface area contributed by atoms with Crippen LogP contribution in [0.15, 0.2) is 42.2 Å². The minimum Gasteiger partial charge on any atom is -0.383 e. The third-order valence-electron chi connectivity index (χ3n) is 6.80. The molecule has 1 unspecified atom stereocenters. The third-order valence-corrected chi connectivity index (χ3v) is 6.80. The van der Waals surface area contributed by atoms with Crippen LogP contribution in [0.1, 0.15) is 52.5 Å². The number of rotatable bonds is 5. The van der Waals surface area contributed by atoms with Crippen LogP contribution in [0.2, 0.25) is 0 Å². The van der Waals surface area contributed by atoms with Gasteiger partial charge < -0.3 is 21.3 Å². The Kier molecular flexibility index (Phi) is 6.95. The van der Waals surface area contributed by atoms with Crippen LogP contribution < -0.4 is 16.4 Å². The molecule has 2 aliphatic rings. The highest BCUT2D eigenvalue weighted by Crippen LogP contribution is 2.34. The zero-order chi connectivity index (χ0) is 27.7. The summed E-state index contributed by atoms with van der Waals surface area (Å²) in [5.74, 6) is 0.0487. The number of fused-ring (bicyclic) bond motifs is 1. The Morgan fingerprint density at radius 1 is 1.15 bits per heavy atom. The van der Waals surface area contributed by atoms with Gasteiger partial charge in [-0.3, -0.25) is 4.79 Å². The van der Waals surface area contributed by atoms with Crippen molar-refractivity contribution in [2.75, 3.05) is 24.1 Å². The maximum absolute atomic E-state index is 13.2. The highest BCUT2D eigenvalue weighted by atomic mass is 16.2. The van der Waals surface area contributed by atoms with Gasteiger partial charge in [-0.15, -0.1) is 0 Å². The summed E-state index contributed by atoms with van der Waals surface area (Å²) >= 11 is 0. The topological polar surface area (TPSA) is 155 Å².